The van der Waals surface area contributed by atoms with Crippen molar-refractivity contribution in [2.45, 2.75) is 6.42 Å². The molecule has 4 heteroatoms. The van der Waals surface area contributed by atoms with Crippen molar-refractivity contribution >= 4 is 17.6 Å². The van der Waals surface area contributed by atoms with Crippen LogP contribution in [0.2, 0.25) is 5.02 Å². The van der Waals surface area contributed by atoms with E-state index in [2.05, 4.69) is 0 Å². The molecule has 0 saturated carbocycles. The first-order chi connectivity index (χ1) is 8.58. The van der Waals surface area contributed by atoms with Crippen LogP contribution in [0.25, 0.3) is 11.1 Å². The minimum absolute atomic E-state index is 0.238. The normalized spacial score (nSPS) is 10.3. The summed E-state index contributed by atoms with van der Waals surface area (Å²) in [4.78, 5) is 10.8. The van der Waals surface area contributed by atoms with Crippen molar-refractivity contribution in [3.8, 4) is 11.1 Å². The quantitative estimate of drug-likeness (QED) is 0.916. The molecule has 0 unspecified atom stereocenters. The Balaban J connectivity index is 2.57. The van der Waals surface area contributed by atoms with E-state index in [4.69, 9.17) is 16.7 Å². The lowest BCUT2D eigenvalue weighted by molar-refractivity contribution is -0.136. The van der Waals surface area contributed by atoms with Crippen molar-refractivity contribution in [2.24, 2.45) is 0 Å². The molecule has 0 aliphatic rings. The van der Waals surface area contributed by atoms with E-state index < -0.39 is 11.8 Å². The highest BCUT2D eigenvalue weighted by atomic mass is 35.5. The maximum Gasteiger partial charge on any atom is 0.307 e. The zero-order valence-electron chi connectivity index (χ0n) is 9.36. The number of aliphatic carboxylic acids is 1. The molecule has 0 heterocycles. The smallest absolute Gasteiger partial charge is 0.307 e. The molecule has 0 saturated heterocycles. The molecular weight excluding hydrogens is 255 g/mol. The minimum atomic E-state index is -1.01. The van der Waals surface area contributed by atoms with Crippen molar-refractivity contribution in [3.05, 3.63) is 58.9 Å². The highest BCUT2D eigenvalue weighted by molar-refractivity contribution is 6.33. The lowest BCUT2D eigenvalue weighted by Crippen LogP contribution is -2.02. The topological polar surface area (TPSA) is 37.3 Å². The number of hydrogen-bond acceptors (Lipinski definition) is 1. The Hall–Kier alpha value is -1.87. The largest absolute Gasteiger partial charge is 0.481 e. The Labute approximate surface area is 109 Å². The van der Waals surface area contributed by atoms with Crippen LogP contribution >= 0.6 is 11.6 Å². The number of halogens is 2. The summed E-state index contributed by atoms with van der Waals surface area (Å²) in [5, 5.41) is 9.35. The summed E-state index contributed by atoms with van der Waals surface area (Å²) >= 11 is 6.07. The second kappa shape index (κ2) is 5.19. The Bertz CT molecular complexity index is 596. The monoisotopic (exact) mass is 264 g/mol. The number of benzene rings is 2. The number of rotatable bonds is 3. The van der Waals surface area contributed by atoms with Crippen LogP contribution in [0.3, 0.4) is 0 Å². The molecule has 0 fully saturated rings. The van der Waals surface area contributed by atoms with E-state index in [1.807, 2.05) is 0 Å². The first-order valence-electron chi connectivity index (χ1n) is 5.33. The second-order valence-corrected chi connectivity index (χ2v) is 4.26. The van der Waals surface area contributed by atoms with Crippen LogP contribution in [0.4, 0.5) is 4.39 Å². The van der Waals surface area contributed by atoms with Gasteiger partial charge in [0.1, 0.15) is 5.82 Å². The van der Waals surface area contributed by atoms with Crippen LogP contribution in [-0.2, 0) is 11.2 Å². The number of carboxylic acid groups (broad SMARTS) is 1. The molecule has 0 amide bonds. The van der Waals surface area contributed by atoms with Crippen LogP contribution in [-0.4, -0.2) is 11.1 Å². The van der Waals surface area contributed by atoms with Crippen LogP contribution in [0, 0.1) is 5.82 Å². The number of carbonyl (C=O) groups is 1. The first kappa shape index (κ1) is 12.6. The molecule has 0 spiro atoms. The SMILES string of the molecule is O=C(O)Cc1cc(F)ccc1-c1ccccc1Cl. The Morgan fingerprint density at radius 3 is 2.56 bits per heavy atom. The van der Waals surface area contributed by atoms with Crippen LogP contribution < -0.4 is 0 Å². The molecule has 0 radical (unpaired) electrons. The Kier molecular flexibility index (Phi) is 3.63. The summed E-state index contributed by atoms with van der Waals surface area (Å²) in [6.45, 7) is 0. The van der Waals surface area contributed by atoms with Gasteiger partial charge in [0.2, 0.25) is 0 Å². The van der Waals surface area contributed by atoms with E-state index in [0.717, 1.165) is 0 Å². The maximum absolute atomic E-state index is 13.2. The third kappa shape index (κ3) is 2.68. The van der Waals surface area contributed by atoms with Crippen LogP contribution in [0.15, 0.2) is 42.5 Å². The fourth-order valence-electron chi connectivity index (χ4n) is 1.81. The molecule has 0 aliphatic heterocycles. The molecule has 0 aliphatic carbocycles. The highest BCUT2D eigenvalue weighted by Crippen LogP contribution is 2.31. The fourth-order valence-corrected chi connectivity index (χ4v) is 2.05. The van der Waals surface area contributed by atoms with Gasteiger partial charge in [-0.05, 0) is 29.3 Å². The van der Waals surface area contributed by atoms with E-state index >= 15 is 0 Å². The predicted molar refractivity (Wildman–Crippen MR) is 68.2 cm³/mol. The van der Waals surface area contributed by atoms with Gasteiger partial charge >= 0.3 is 5.97 Å². The highest BCUT2D eigenvalue weighted by Gasteiger charge is 2.12. The first-order valence-corrected chi connectivity index (χ1v) is 5.71. The zero-order chi connectivity index (χ0) is 13.1. The van der Waals surface area contributed by atoms with Crippen LogP contribution in [0.5, 0.6) is 0 Å². The van der Waals surface area contributed by atoms with Gasteiger partial charge in [-0.1, -0.05) is 35.9 Å². The van der Waals surface area contributed by atoms with E-state index in [9.17, 15) is 9.18 Å². The van der Waals surface area contributed by atoms with Gasteiger partial charge in [-0.3, -0.25) is 4.79 Å². The average Bonchev–Trinajstić information content (AvgIpc) is 2.30. The second-order valence-electron chi connectivity index (χ2n) is 3.85. The molecule has 0 aromatic heterocycles. The zero-order valence-corrected chi connectivity index (χ0v) is 10.1. The predicted octanol–water partition coefficient (Wildman–Crippen LogP) is 3.77. The molecule has 2 aromatic carbocycles. The van der Waals surface area contributed by atoms with E-state index in [0.29, 0.717) is 21.7 Å². The minimum Gasteiger partial charge on any atom is -0.481 e. The molecule has 92 valence electrons. The molecule has 18 heavy (non-hydrogen) atoms. The Morgan fingerprint density at radius 1 is 1.17 bits per heavy atom. The number of carboxylic acids is 1. The summed E-state index contributed by atoms with van der Waals surface area (Å²) in [7, 11) is 0. The van der Waals surface area contributed by atoms with Crippen molar-refractivity contribution in [2.75, 3.05) is 0 Å². The van der Waals surface area contributed by atoms with Gasteiger partial charge in [0.25, 0.3) is 0 Å². The molecular formula is C14H10ClFO2. The van der Waals surface area contributed by atoms with Gasteiger partial charge in [0.05, 0.1) is 6.42 Å². The molecule has 1 N–H and O–H groups in total. The lowest BCUT2D eigenvalue weighted by Gasteiger charge is -2.09. The summed E-state index contributed by atoms with van der Waals surface area (Å²) in [6, 6.07) is 11.2. The summed E-state index contributed by atoms with van der Waals surface area (Å²) in [5.74, 6) is -1.46. The molecule has 2 rings (SSSR count). The summed E-state index contributed by atoms with van der Waals surface area (Å²) < 4.78 is 13.2. The van der Waals surface area contributed by atoms with Crippen molar-refractivity contribution in [1.29, 1.82) is 0 Å². The third-order valence-electron chi connectivity index (χ3n) is 2.57. The van der Waals surface area contributed by atoms with Gasteiger partial charge in [-0.15, -0.1) is 0 Å². The third-order valence-corrected chi connectivity index (χ3v) is 2.90. The molecule has 0 bridgehead atoms. The average molecular weight is 265 g/mol. The lowest BCUT2D eigenvalue weighted by atomic mass is 9.97. The molecule has 2 aromatic rings. The van der Waals surface area contributed by atoms with E-state index in [1.54, 1.807) is 30.3 Å². The van der Waals surface area contributed by atoms with E-state index in [1.165, 1.54) is 12.1 Å². The van der Waals surface area contributed by atoms with E-state index in [-0.39, 0.29) is 6.42 Å². The van der Waals surface area contributed by atoms with Crippen LogP contribution in [0.1, 0.15) is 5.56 Å². The summed E-state index contributed by atoms with van der Waals surface area (Å²) in [6.07, 6.45) is -0.238. The van der Waals surface area contributed by atoms with Gasteiger partial charge in [0, 0.05) is 10.6 Å². The van der Waals surface area contributed by atoms with Gasteiger partial charge in [-0.2, -0.15) is 0 Å². The van der Waals surface area contributed by atoms with Crippen molar-refractivity contribution < 1.29 is 14.3 Å². The van der Waals surface area contributed by atoms with Gasteiger partial charge in [0.15, 0.2) is 0 Å². The molecule has 0 atom stereocenters. The van der Waals surface area contributed by atoms with Crippen molar-refractivity contribution in [3.63, 3.8) is 0 Å². The fraction of sp³-hybridized carbons (Fsp3) is 0.0714. The number of hydrogen-bond donors (Lipinski definition) is 1. The summed E-state index contributed by atoms with van der Waals surface area (Å²) in [5.41, 5.74) is 1.76. The van der Waals surface area contributed by atoms with Gasteiger partial charge < -0.3 is 5.11 Å². The Morgan fingerprint density at radius 2 is 1.89 bits per heavy atom. The van der Waals surface area contributed by atoms with Gasteiger partial charge in [-0.25, -0.2) is 4.39 Å². The maximum atomic E-state index is 13.2. The molecule has 2 nitrogen and oxygen atoms in total. The van der Waals surface area contributed by atoms with Crippen molar-refractivity contribution in [1.82, 2.24) is 0 Å². The standard InChI is InChI=1S/C14H10ClFO2/c15-13-4-2-1-3-12(13)11-6-5-10(16)7-9(11)8-14(17)18/h1-7H,8H2,(H,17,18).